The summed E-state index contributed by atoms with van der Waals surface area (Å²) in [6, 6.07) is 4.23. The molecule has 4 aromatic heterocycles. The standard InChI is InChI=1S/C19H21N7S/c1-25-8-7-14(11-25)15-10-21-26-17(23-19-24-20-12-27-19)9-16(22-18(15)26)13-5-3-2-4-6-13/h7-13H,2-6H2,1H3,(H,23,24). The second-order valence-corrected chi connectivity index (χ2v) is 7.96. The molecule has 0 radical (unpaired) electrons. The van der Waals surface area contributed by atoms with E-state index in [2.05, 4.69) is 38.9 Å². The van der Waals surface area contributed by atoms with Crippen molar-refractivity contribution in [1.29, 1.82) is 0 Å². The monoisotopic (exact) mass is 379 g/mol. The van der Waals surface area contributed by atoms with E-state index in [4.69, 9.17) is 4.98 Å². The second kappa shape index (κ2) is 6.77. The van der Waals surface area contributed by atoms with Crippen molar-refractivity contribution in [3.63, 3.8) is 0 Å². The molecule has 0 unspecified atom stereocenters. The summed E-state index contributed by atoms with van der Waals surface area (Å²) in [4.78, 5) is 5.05. The van der Waals surface area contributed by atoms with Gasteiger partial charge >= 0.3 is 0 Å². The number of nitrogens with one attached hydrogen (secondary N) is 1. The Morgan fingerprint density at radius 3 is 2.85 bits per heavy atom. The molecule has 138 valence electrons. The fraction of sp³-hybridized carbons (Fsp3) is 0.368. The highest BCUT2D eigenvalue weighted by Gasteiger charge is 2.21. The maximum absolute atomic E-state index is 5.05. The third kappa shape index (κ3) is 3.10. The van der Waals surface area contributed by atoms with Crippen molar-refractivity contribution in [2.24, 2.45) is 7.05 Å². The van der Waals surface area contributed by atoms with Crippen molar-refractivity contribution in [3.05, 3.63) is 41.9 Å². The van der Waals surface area contributed by atoms with Crippen molar-refractivity contribution in [3.8, 4) is 11.1 Å². The van der Waals surface area contributed by atoms with Gasteiger partial charge in [-0.1, -0.05) is 30.6 Å². The van der Waals surface area contributed by atoms with Gasteiger partial charge in [-0.05, 0) is 18.9 Å². The van der Waals surface area contributed by atoms with E-state index in [1.54, 1.807) is 5.51 Å². The molecule has 0 bridgehead atoms. The smallest absolute Gasteiger partial charge is 0.210 e. The zero-order chi connectivity index (χ0) is 18.2. The van der Waals surface area contributed by atoms with Gasteiger partial charge in [-0.3, -0.25) is 0 Å². The lowest BCUT2D eigenvalue weighted by Crippen LogP contribution is -2.10. The van der Waals surface area contributed by atoms with Gasteiger partial charge in [0.25, 0.3) is 0 Å². The number of anilines is 2. The van der Waals surface area contributed by atoms with Gasteiger partial charge in [0.05, 0.1) is 6.20 Å². The van der Waals surface area contributed by atoms with Crippen LogP contribution in [-0.4, -0.2) is 29.4 Å². The summed E-state index contributed by atoms with van der Waals surface area (Å²) < 4.78 is 3.92. The SMILES string of the molecule is Cn1ccc(-c2cnn3c(Nc4nncs4)cc(C4CCCCC4)nc23)c1. The van der Waals surface area contributed by atoms with Crippen LogP contribution in [0.25, 0.3) is 16.8 Å². The minimum absolute atomic E-state index is 0.511. The minimum Gasteiger partial charge on any atom is -0.357 e. The Balaban J connectivity index is 1.65. The number of hydrogen-bond donors (Lipinski definition) is 1. The molecule has 4 aromatic rings. The van der Waals surface area contributed by atoms with Crippen molar-refractivity contribution in [1.82, 2.24) is 29.4 Å². The van der Waals surface area contributed by atoms with Gasteiger partial charge in [-0.2, -0.15) is 9.61 Å². The summed E-state index contributed by atoms with van der Waals surface area (Å²) in [5.74, 6) is 1.40. The first-order valence-electron chi connectivity index (χ1n) is 9.32. The Hall–Kier alpha value is -2.74. The lowest BCUT2D eigenvalue weighted by Gasteiger charge is -2.22. The Kier molecular flexibility index (Phi) is 4.12. The fourth-order valence-electron chi connectivity index (χ4n) is 3.88. The average Bonchev–Trinajstić information content (AvgIpc) is 3.43. The van der Waals surface area contributed by atoms with Crippen LogP contribution in [0.15, 0.2) is 36.2 Å². The van der Waals surface area contributed by atoms with Crippen molar-refractivity contribution >= 4 is 27.9 Å². The quantitative estimate of drug-likeness (QED) is 0.570. The van der Waals surface area contributed by atoms with Crippen LogP contribution in [-0.2, 0) is 7.05 Å². The van der Waals surface area contributed by atoms with Gasteiger partial charge in [-0.25, -0.2) is 4.98 Å². The Morgan fingerprint density at radius 2 is 2.11 bits per heavy atom. The fourth-order valence-corrected chi connectivity index (χ4v) is 4.33. The normalized spacial score (nSPS) is 15.4. The Morgan fingerprint density at radius 1 is 1.22 bits per heavy atom. The van der Waals surface area contributed by atoms with Crippen LogP contribution in [0.3, 0.4) is 0 Å². The van der Waals surface area contributed by atoms with E-state index in [1.807, 2.05) is 28.5 Å². The highest BCUT2D eigenvalue weighted by atomic mass is 32.1. The second-order valence-electron chi connectivity index (χ2n) is 7.13. The summed E-state index contributed by atoms with van der Waals surface area (Å²) in [7, 11) is 2.03. The van der Waals surface area contributed by atoms with E-state index in [1.165, 1.54) is 43.4 Å². The van der Waals surface area contributed by atoms with Crippen LogP contribution in [0, 0.1) is 0 Å². The predicted molar refractivity (Wildman–Crippen MR) is 106 cm³/mol. The lowest BCUT2D eigenvalue weighted by atomic mass is 9.87. The summed E-state index contributed by atoms with van der Waals surface area (Å²) in [6.45, 7) is 0. The van der Waals surface area contributed by atoms with Crippen LogP contribution in [0.5, 0.6) is 0 Å². The molecular formula is C19H21N7S. The van der Waals surface area contributed by atoms with Crippen LogP contribution in [0.2, 0.25) is 0 Å². The average molecular weight is 379 g/mol. The molecule has 5 rings (SSSR count). The van der Waals surface area contributed by atoms with Crippen molar-refractivity contribution < 1.29 is 0 Å². The molecule has 4 heterocycles. The molecular weight excluding hydrogens is 358 g/mol. The van der Waals surface area contributed by atoms with Crippen LogP contribution >= 0.6 is 11.3 Å². The van der Waals surface area contributed by atoms with Crippen molar-refractivity contribution in [2.75, 3.05) is 5.32 Å². The van der Waals surface area contributed by atoms with Gasteiger partial charge < -0.3 is 9.88 Å². The van der Waals surface area contributed by atoms with E-state index < -0.39 is 0 Å². The third-order valence-electron chi connectivity index (χ3n) is 5.25. The number of aromatic nitrogens is 6. The summed E-state index contributed by atoms with van der Waals surface area (Å²) in [5.41, 5.74) is 5.93. The van der Waals surface area contributed by atoms with Gasteiger partial charge in [-0.15, -0.1) is 10.2 Å². The number of rotatable bonds is 4. The lowest BCUT2D eigenvalue weighted by molar-refractivity contribution is 0.437. The summed E-state index contributed by atoms with van der Waals surface area (Å²) in [5, 5.41) is 16.8. The highest BCUT2D eigenvalue weighted by molar-refractivity contribution is 7.13. The van der Waals surface area contributed by atoms with E-state index >= 15 is 0 Å². The molecule has 1 aliphatic carbocycles. The van der Waals surface area contributed by atoms with E-state index in [-0.39, 0.29) is 0 Å². The molecule has 0 atom stereocenters. The number of hydrogen-bond acceptors (Lipinski definition) is 6. The molecule has 7 nitrogen and oxygen atoms in total. The molecule has 0 amide bonds. The van der Waals surface area contributed by atoms with Gasteiger partial charge in [0, 0.05) is 48.2 Å². The first-order chi connectivity index (χ1) is 13.3. The molecule has 1 saturated carbocycles. The van der Waals surface area contributed by atoms with E-state index in [0.29, 0.717) is 5.92 Å². The van der Waals surface area contributed by atoms with Crippen LogP contribution in [0.4, 0.5) is 10.9 Å². The molecule has 1 N–H and O–H groups in total. The van der Waals surface area contributed by atoms with Gasteiger partial charge in [0.1, 0.15) is 11.3 Å². The number of aryl methyl sites for hydroxylation is 1. The van der Waals surface area contributed by atoms with E-state index in [9.17, 15) is 0 Å². The Labute approximate surface area is 161 Å². The summed E-state index contributed by atoms with van der Waals surface area (Å²) >= 11 is 1.48. The highest BCUT2D eigenvalue weighted by Crippen LogP contribution is 2.35. The predicted octanol–water partition coefficient (Wildman–Crippen LogP) is 4.38. The zero-order valence-corrected chi connectivity index (χ0v) is 16.0. The topological polar surface area (TPSA) is 72.9 Å². The number of fused-ring (bicyclic) bond motifs is 1. The maximum atomic E-state index is 5.05. The van der Waals surface area contributed by atoms with Gasteiger partial charge in [0.15, 0.2) is 5.65 Å². The first-order valence-corrected chi connectivity index (χ1v) is 10.2. The third-order valence-corrected chi connectivity index (χ3v) is 5.86. The molecule has 0 aliphatic heterocycles. The molecule has 8 heteroatoms. The molecule has 1 fully saturated rings. The molecule has 27 heavy (non-hydrogen) atoms. The molecule has 0 aromatic carbocycles. The molecule has 0 saturated heterocycles. The summed E-state index contributed by atoms with van der Waals surface area (Å²) in [6.07, 6.45) is 12.3. The minimum atomic E-state index is 0.511. The molecule has 0 spiro atoms. The van der Waals surface area contributed by atoms with E-state index in [0.717, 1.165) is 33.4 Å². The largest absolute Gasteiger partial charge is 0.357 e. The van der Waals surface area contributed by atoms with Gasteiger partial charge in [0.2, 0.25) is 5.13 Å². The van der Waals surface area contributed by atoms with Crippen LogP contribution < -0.4 is 5.32 Å². The van der Waals surface area contributed by atoms with Crippen LogP contribution in [0.1, 0.15) is 43.7 Å². The maximum Gasteiger partial charge on any atom is 0.210 e. The molecule has 1 aliphatic rings. The zero-order valence-electron chi connectivity index (χ0n) is 15.2. The first kappa shape index (κ1) is 16.4. The number of nitrogens with zero attached hydrogens (tertiary/aromatic N) is 6. The van der Waals surface area contributed by atoms with Crippen molar-refractivity contribution in [2.45, 2.75) is 38.0 Å². The Bertz CT molecular complexity index is 1060.